The number of aliphatic carboxylic acids is 1. The average Bonchev–Trinajstić information content (AvgIpc) is 2.72. The van der Waals surface area contributed by atoms with Gasteiger partial charge < -0.3 is 19.5 Å². The maximum atomic E-state index is 11.5. The highest BCUT2D eigenvalue weighted by Gasteiger charge is 2.27. The number of carboxylic acids is 1. The summed E-state index contributed by atoms with van der Waals surface area (Å²) in [6.45, 7) is 1.38. The van der Waals surface area contributed by atoms with Crippen molar-refractivity contribution in [2.75, 3.05) is 25.1 Å². The molecule has 0 atom stereocenters. The summed E-state index contributed by atoms with van der Waals surface area (Å²) in [6.07, 6.45) is 3.88. The molecule has 1 fully saturated rings. The molecule has 0 bridgehead atoms. The molecule has 0 aromatic heterocycles. The molecule has 146 valence electrons. The number of hydrogen-bond acceptors (Lipinski definition) is 6. The number of rotatable bonds is 6. The van der Waals surface area contributed by atoms with Crippen LogP contribution in [-0.2, 0) is 4.79 Å². The number of nitrogens with zero attached hydrogens (tertiary/aromatic N) is 2. The van der Waals surface area contributed by atoms with Gasteiger partial charge in [0.25, 0.3) is 5.69 Å². The summed E-state index contributed by atoms with van der Waals surface area (Å²) in [7, 11) is 1.66. The van der Waals surface area contributed by atoms with E-state index in [0.717, 1.165) is 24.7 Å². The fourth-order valence-electron chi connectivity index (χ4n) is 3.66. The van der Waals surface area contributed by atoms with E-state index in [-0.39, 0.29) is 5.69 Å². The van der Waals surface area contributed by atoms with Gasteiger partial charge in [-0.25, -0.2) is 0 Å². The number of anilines is 1. The number of hydrogen-bond donors (Lipinski definition) is 0. The van der Waals surface area contributed by atoms with Crippen LogP contribution in [0.25, 0.3) is 6.08 Å². The van der Waals surface area contributed by atoms with E-state index in [9.17, 15) is 20.0 Å². The zero-order valence-corrected chi connectivity index (χ0v) is 15.5. The summed E-state index contributed by atoms with van der Waals surface area (Å²) in [5.74, 6) is -0.127. The summed E-state index contributed by atoms with van der Waals surface area (Å²) in [4.78, 5) is 23.7. The van der Waals surface area contributed by atoms with E-state index >= 15 is 0 Å². The molecule has 7 heteroatoms. The van der Waals surface area contributed by atoms with Gasteiger partial charge in [-0.2, -0.15) is 0 Å². The second-order valence-corrected chi connectivity index (χ2v) is 6.66. The molecule has 1 heterocycles. The highest BCUT2D eigenvalue weighted by molar-refractivity contribution is 5.84. The van der Waals surface area contributed by atoms with Crippen LogP contribution in [-0.4, -0.2) is 31.1 Å². The third-order valence-corrected chi connectivity index (χ3v) is 5.02. The van der Waals surface area contributed by atoms with Gasteiger partial charge in [0.05, 0.1) is 18.0 Å². The van der Waals surface area contributed by atoms with Gasteiger partial charge in [-0.05, 0) is 48.1 Å². The number of methoxy groups -OCH3 is 1. The minimum atomic E-state index is -1.34. The molecule has 28 heavy (non-hydrogen) atoms. The van der Waals surface area contributed by atoms with Crippen molar-refractivity contribution in [1.82, 2.24) is 0 Å². The van der Waals surface area contributed by atoms with E-state index in [0.29, 0.717) is 30.3 Å². The number of nitro groups is 1. The van der Waals surface area contributed by atoms with Gasteiger partial charge >= 0.3 is 0 Å². The molecule has 0 unspecified atom stereocenters. The molecule has 0 aliphatic carbocycles. The Bertz CT molecular complexity index is 901. The van der Waals surface area contributed by atoms with Crippen LogP contribution in [0, 0.1) is 10.1 Å². The highest BCUT2D eigenvalue weighted by Crippen LogP contribution is 2.37. The molecule has 1 aliphatic heterocycles. The summed E-state index contributed by atoms with van der Waals surface area (Å²) in [5.41, 5.74) is 2.13. The molecule has 1 saturated heterocycles. The Balaban J connectivity index is 1.78. The van der Waals surface area contributed by atoms with Crippen molar-refractivity contribution < 1.29 is 19.6 Å². The predicted molar refractivity (Wildman–Crippen MR) is 104 cm³/mol. The van der Waals surface area contributed by atoms with Crippen LogP contribution in [0.1, 0.15) is 29.9 Å². The van der Waals surface area contributed by atoms with E-state index in [1.807, 2.05) is 23.1 Å². The quantitative estimate of drug-likeness (QED) is 0.434. The Morgan fingerprint density at radius 2 is 1.93 bits per heavy atom. The lowest BCUT2D eigenvalue weighted by molar-refractivity contribution is -0.384. The Kier molecular flexibility index (Phi) is 5.93. The fourth-order valence-corrected chi connectivity index (χ4v) is 3.66. The first-order valence-electron chi connectivity index (χ1n) is 9.05. The van der Waals surface area contributed by atoms with Crippen molar-refractivity contribution in [1.29, 1.82) is 0 Å². The molecular formula is C21H21N2O5-. The average molecular weight is 381 g/mol. The van der Waals surface area contributed by atoms with Crippen LogP contribution in [0.2, 0.25) is 0 Å². The second kappa shape index (κ2) is 8.56. The molecular weight excluding hydrogens is 360 g/mol. The van der Waals surface area contributed by atoms with Crippen molar-refractivity contribution in [3.8, 4) is 5.75 Å². The van der Waals surface area contributed by atoms with Gasteiger partial charge in [0.2, 0.25) is 0 Å². The Labute approximate surface area is 163 Å². The first-order chi connectivity index (χ1) is 13.5. The van der Waals surface area contributed by atoms with Crippen LogP contribution in [0.5, 0.6) is 5.75 Å². The molecule has 0 spiro atoms. The second-order valence-electron chi connectivity index (χ2n) is 6.66. The minimum absolute atomic E-state index is 0.0313. The van der Waals surface area contributed by atoms with Gasteiger partial charge in [-0.15, -0.1) is 0 Å². The van der Waals surface area contributed by atoms with Crippen molar-refractivity contribution in [3.05, 3.63) is 69.8 Å². The van der Waals surface area contributed by atoms with Crippen LogP contribution in [0.4, 0.5) is 11.4 Å². The molecule has 0 saturated carbocycles. The maximum absolute atomic E-state index is 11.5. The number of carbonyl (C=O) groups is 1. The molecule has 3 rings (SSSR count). The number of benzene rings is 2. The number of nitro benzene ring substituents is 1. The topological polar surface area (TPSA) is 95.7 Å². The summed E-state index contributed by atoms with van der Waals surface area (Å²) in [6, 6.07) is 12.7. The van der Waals surface area contributed by atoms with Gasteiger partial charge in [-0.3, -0.25) is 10.1 Å². The lowest BCUT2D eigenvalue weighted by Gasteiger charge is -2.34. The highest BCUT2D eigenvalue weighted by atomic mass is 16.6. The first kappa shape index (κ1) is 19.4. The van der Waals surface area contributed by atoms with Gasteiger partial charge in [0.15, 0.2) is 0 Å². The Morgan fingerprint density at radius 3 is 2.57 bits per heavy atom. The molecule has 7 nitrogen and oxygen atoms in total. The van der Waals surface area contributed by atoms with E-state index < -0.39 is 10.9 Å². The summed E-state index contributed by atoms with van der Waals surface area (Å²) in [5, 5.41) is 22.1. The molecule has 0 N–H and O–H groups in total. The maximum Gasteiger partial charge on any atom is 0.293 e. The first-order valence-corrected chi connectivity index (χ1v) is 9.05. The molecule has 0 radical (unpaired) electrons. The van der Waals surface area contributed by atoms with Crippen molar-refractivity contribution in [2.45, 2.75) is 18.8 Å². The zero-order chi connectivity index (χ0) is 20.1. The van der Waals surface area contributed by atoms with Gasteiger partial charge in [0.1, 0.15) is 11.4 Å². The number of carboxylic acid groups (broad SMARTS) is 1. The number of carbonyl (C=O) groups excluding carboxylic acids is 1. The van der Waals surface area contributed by atoms with Gasteiger partial charge in [0, 0.05) is 19.2 Å². The summed E-state index contributed by atoms with van der Waals surface area (Å²) < 4.78 is 5.46. The summed E-state index contributed by atoms with van der Waals surface area (Å²) >= 11 is 0. The van der Waals surface area contributed by atoms with E-state index in [2.05, 4.69) is 6.07 Å². The van der Waals surface area contributed by atoms with Crippen molar-refractivity contribution in [2.24, 2.45) is 0 Å². The lowest BCUT2D eigenvalue weighted by atomic mass is 9.88. The number of piperidine rings is 1. The lowest BCUT2D eigenvalue weighted by Crippen LogP contribution is -2.33. The van der Waals surface area contributed by atoms with Gasteiger partial charge in [-0.1, -0.05) is 30.3 Å². The predicted octanol–water partition coefficient (Wildman–Crippen LogP) is 2.75. The standard InChI is InChI=1S/C21H22N2O5/c1-28-20-5-3-2-4-17(20)16-10-12-22(13-11-16)18-8-6-15(7-9-21(24)25)14-19(18)23(26)27/h2-9,14,16H,10-13H2,1H3,(H,24,25)/p-1/b9-7+. The molecule has 2 aromatic rings. The van der Waals surface area contributed by atoms with E-state index in [4.69, 9.17) is 4.74 Å². The molecule has 2 aromatic carbocycles. The Hall–Kier alpha value is -3.35. The Morgan fingerprint density at radius 1 is 1.21 bits per heavy atom. The minimum Gasteiger partial charge on any atom is -0.545 e. The van der Waals surface area contributed by atoms with E-state index in [1.54, 1.807) is 19.2 Å². The zero-order valence-electron chi connectivity index (χ0n) is 15.5. The number of para-hydroxylation sites is 1. The van der Waals surface area contributed by atoms with Crippen LogP contribution < -0.4 is 14.7 Å². The third-order valence-electron chi connectivity index (χ3n) is 5.02. The van der Waals surface area contributed by atoms with Crippen LogP contribution in [0.15, 0.2) is 48.5 Å². The van der Waals surface area contributed by atoms with Crippen LogP contribution >= 0.6 is 0 Å². The SMILES string of the molecule is COc1ccccc1C1CCN(c2ccc(/C=C/C(=O)[O-])cc2[N+](=O)[O-])CC1. The largest absolute Gasteiger partial charge is 0.545 e. The fraction of sp³-hybridized carbons (Fsp3) is 0.286. The normalized spacial score (nSPS) is 15.0. The number of ether oxygens (including phenoxy) is 1. The van der Waals surface area contributed by atoms with E-state index in [1.165, 1.54) is 17.7 Å². The molecule has 0 amide bonds. The third kappa shape index (κ3) is 4.31. The monoisotopic (exact) mass is 381 g/mol. The molecule has 1 aliphatic rings. The van der Waals surface area contributed by atoms with Crippen molar-refractivity contribution >= 4 is 23.4 Å². The smallest absolute Gasteiger partial charge is 0.293 e. The van der Waals surface area contributed by atoms with Crippen molar-refractivity contribution in [3.63, 3.8) is 0 Å². The van der Waals surface area contributed by atoms with Crippen LogP contribution in [0.3, 0.4) is 0 Å².